The normalized spacial score (nSPS) is 16.2. The van der Waals surface area contributed by atoms with Crippen molar-refractivity contribution in [3.05, 3.63) is 72.3 Å². The van der Waals surface area contributed by atoms with Gasteiger partial charge in [-0.3, -0.25) is 4.79 Å². The highest BCUT2D eigenvalue weighted by Gasteiger charge is 2.24. The Labute approximate surface area is 152 Å². The zero-order chi connectivity index (χ0) is 17.8. The summed E-state index contributed by atoms with van der Waals surface area (Å²) >= 11 is 0. The number of aryl methyl sites for hydroxylation is 1. The molecular weight excluding hydrogens is 326 g/mol. The van der Waals surface area contributed by atoms with Gasteiger partial charge in [0.25, 0.3) is 0 Å². The van der Waals surface area contributed by atoms with Crippen molar-refractivity contribution in [2.24, 2.45) is 5.92 Å². The first kappa shape index (κ1) is 16.6. The zero-order valence-corrected chi connectivity index (χ0v) is 14.7. The van der Waals surface area contributed by atoms with Crippen LogP contribution in [0, 0.1) is 5.92 Å². The Morgan fingerprint density at radius 1 is 1.15 bits per heavy atom. The van der Waals surface area contributed by atoms with Crippen LogP contribution < -0.4 is 5.32 Å². The predicted molar refractivity (Wildman–Crippen MR) is 98.5 cm³/mol. The summed E-state index contributed by atoms with van der Waals surface area (Å²) in [5.41, 5.74) is 1.24. The minimum absolute atomic E-state index is 0.0222. The highest BCUT2D eigenvalue weighted by molar-refractivity contribution is 5.78. The van der Waals surface area contributed by atoms with Crippen LogP contribution in [0.5, 0.6) is 0 Å². The van der Waals surface area contributed by atoms with E-state index in [2.05, 4.69) is 36.6 Å². The Kier molecular flexibility index (Phi) is 4.82. The summed E-state index contributed by atoms with van der Waals surface area (Å²) < 4.78 is 4.27. The number of imidazole rings is 2. The fourth-order valence-electron chi connectivity index (χ4n) is 3.51. The van der Waals surface area contributed by atoms with Gasteiger partial charge in [0, 0.05) is 63.2 Å². The smallest absolute Gasteiger partial charge is 0.223 e. The number of benzene rings is 1. The van der Waals surface area contributed by atoms with Crippen molar-refractivity contribution in [1.29, 1.82) is 0 Å². The van der Waals surface area contributed by atoms with Gasteiger partial charge in [-0.15, -0.1) is 0 Å². The third-order valence-corrected chi connectivity index (χ3v) is 4.97. The molecule has 3 heterocycles. The Hall–Kier alpha value is -2.89. The highest BCUT2D eigenvalue weighted by atomic mass is 16.1. The number of hydrogen-bond acceptors (Lipinski definition) is 3. The molecule has 1 amide bonds. The van der Waals surface area contributed by atoms with E-state index in [1.54, 1.807) is 0 Å². The lowest BCUT2D eigenvalue weighted by Gasteiger charge is -2.22. The SMILES string of the molecule is O=C(NCCc1nccn1Cc1ccccc1)C1CCn2ccnc2C1. The average Bonchev–Trinajstić information content (AvgIpc) is 3.31. The van der Waals surface area contributed by atoms with Crippen molar-refractivity contribution >= 4 is 5.91 Å². The molecule has 1 N–H and O–H groups in total. The van der Waals surface area contributed by atoms with Crippen molar-refractivity contribution in [2.45, 2.75) is 32.4 Å². The van der Waals surface area contributed by atoms with E-state index < -0.39 is 0 Å². The maximum absolute atomic E-state index is 12.5. The van der Waals surface area contributed by atoms with E-state index in [9.17, 15) is 4.79 Å². The molecule has 1 unspecified atom stereocenters. The van der Waals surface area contributed by atoms with Crippen molar-refractivity contribution < 1.29 is 4.79 Å². The van der Waals surface area contributed by atoms with E-state index in [1.807, 2.05) is 43.0 Å². The largest absolute Gasteiger partial charge is 0.355 e. The Morgan fingerprint density at radius 3 is 2.88 bits per heavy atom. The summed E-state index contributed by atoms with van der Waals surface area (Å²) in [5, 5.41) is 3.08. The van der Waals surface area contributed by atoms with Crippen LogP contribution in [0.1, 0.15) is 23.6 Å². The van der Waals surface area contributed by atoms with Crippen molar-refractivity contribution in [1.82, 2.24) is 24.4 Å². The van der Waals surface area contributed by atoms with Crippen LogP contribution in [0.4, 0.5) is 0 Å². The maximum Gasteiger partial charge on any atom is 0.223 e. The number of nitrogens with one attached hydrogen (secondary N) is 1. The average molecular weight is 349 g/mol. The third-order valence-electron chi connectivity index (χ3n) is 4.97. The molecule has 134 valence electrons. The molecule has 1 aromatic carbocycles. The molecule has 0 saturated heterocycles. The predicted octanol–water partition coefficient (Wildman–Crippen LogP) is 2.05. The van der Waals surface area contributed by atoms with E-state index in [-0.39, 0.29) is 11.8 Å². The van der Waals surface area contributed by atoms with Crippen LogP contribution in [-0.4, -0.2) is 31.6 Å². The summed E-state index contributed by atoms with van der Waals surface area (Å²) in [6, 6.07) is 10.3. The number of hydrogen-bond donors (Lipinski definition) is 1. The fraction of sp³-hybridized carbons (Fsp3) is 0.350. The quantitative estimate of drug-likeness (QED) is 0.741. The maximum atomic E-state index is 12.5. The summed E-state index contributed by atoms with van der Waals surface area (Å²) in [6.07, 6.45) is 9.93. The van der Waals surface area contributed by atoms with Gasteiger partial charge in [-0.05, 0) is 12.0 Å². The lowest BCUT2D eigenvalue weighted by Crippen LogP contribution is -2.36. The third kappa shape index (κ3) is 3.69. The van der Waals surface area contributed by atoms with Gasteiger partial charge in [0.05, 0.1) is 0 Å². The number of carbonyl (C=O) groups excluding carboxylic acids is 1. The molecule has 26 heavy (non-hydrogen) atoms. The van der Waals surface area contributed by atoms with Crippen LogP contribution in [0.25, 0.3) is 0 Å². The molecule has 6 nitrogen and oxygen atoms in total. The molecule has 0 bridgehead atoms. The van der Waals surface area contributed by atoms with E-state index in [0.717, 1.165) is 44.0 Å². The molecule has 3 aromatic rings. The van der Waals surface area contributed by atoms with Crippen LogP contribution >= 0.6 is 0 Å². The number of nitrogens with zero attached hydrogens (tertiary/aromatic N) is 4. The lowest BCUT2D eigenvalue weighted by atomic mass is 9.97. The second-order valence-electron chi connectivity index (χ2n) is 6.72. The number of amides is 1. The first-order valence-electron chi connectivity index (χ1n) is 9.11. The monoisotopic (exact) mass is 349 g/mol. The van der Waals surface area contributed by atoms with Crippen LogP contribution in [0.2, 0.25) is 0 Å². The van der Waals surface area contributed by atoms with Crippen molar-refractivity contribution in [2.75, 3.05) is 6.54 Å². The molecule has 2 aromatic heterocycles. The fourth-order valence-corrected chi connectivity index (χ4v) is 3.51. The van der Waals surface area contributed by atoms with Gasteiger partial charge in [0.1, 0.15) is 11.6 Å². The van der Waals surface area contributed by atoms with Gasteiger partial charge in [-0.2, -0.15) is 0 Å². The minimum atomic E-state index is 0.0222. The zero-order valence-electron chi connectivity index (χ0n) is 14.7. The van der Waals surface area contributed by atoms with Gasteiger partial charge >= 0.3 is 0 Å². The topological polar surface area (TPSA) is 64.7 Å². The Bertz CT molecular complexity index is 867. The van der Waals surface area contributed by atoms with Crippen molar-refractivity contribution in [3.8, 4) is 0 Å². The molecule has 0 radical (unpaired) electrons. The molecule has 4 rings (SSSR count). The van der Waals surface area contributed by atoms with Gasteiger partial charge < -0.3 is 14.5 Å². The van der Waals surface area contributed by atoms with Gasteiger partial charge in [-0.25, -0.2) is 9.97 Å². The van der Waals surface area contributed by atoms with E-state index >= 15 is 0 Å². The number of fused-ring (bicyclic) bond motifs is 1. The van der Waals surface area contributed by atoms with E-state index in [1.165, 1.54) is 5.56 Å². The first-order valence-corrected chi connectivity index (χ1v) is 9.11. The summed E-state index contributed by atoms with van der Waals surface area (Å²) in [4.78, 5) is 21.2. The highest BCUT2D eigenvalue weighted by Crippen LogP contribution is 2.19. The summed E-state index contributed by atoms with van der Waals surface area (Å²) in [5.74, 6) is 2.15. The molecule has 1 aliphatic rings. The first-order chi connectivity index (χ1) is 12.8. The lowest BCUT2D eigenvalue weighted by molar-refractivity contribution is -0.125. The molecule has 0 fully saturated rings. The molecule has 0 spiro atoms. The standard InChI is InChI=1S/C20H23N5O/c26-20(17-7-11-24-12-9-22-19(24)14-17)23-8-6-18-21-10-13-25(18)15-16-4-2-1-3-5-16/h1-5,9-10,12-13,17H,6-8,11,14-15H2,(H,23,26). The number of rotatable bonds is 6. The molecule has 0 aliphatic carbocycles. The molecule has 1 aliphatic heterocycles. The molecule has 6 heteroatoms. The molecule has 0 saturated carbocycles. The molecular formula is C20H23N5O. The van der Waals surface area contributed by atoms with Crippen LogP contribution in [0.3, 0.4) is 0 Å². The Balaban J connectivity index is 1.29. The Morgan fingerprint density at radius 2 is 2.00 bits per heavy atom. The van der Waals surface area contributed by atoms with Gasteiger partial charge in [0.2, 0.25) is 5.91 Å². The van der Waals surface area contributed by atoms with Gasteiger partial charge in [0.15, 0.2) is 0 Å². The van der Waals surface area contributed by atoms with Crippen LogP contribution in [-0.2, 0) is 30.7 Å². The second-order valence-corrected chi connectivity index (χ2v) is 6.72. The number of carbonyl (C=O) groups is 1. The number of aromatic nitrogens is 4. The molecule has 1 atom stereocenters. The summed E-state index contributed by atoms with van der Waals surface area (Å²) in [7, 11) is 0. The summed E-state index contributed by atoms with van der Waals surface area (Å²) in [6.45, 7) is 2.28. The van der Waals surface area contributed by atoms with E-state index in [4.69, 9.17) is 0 Å². The minimum Gasteiger partial charge on any atom is -0.355 e. The van der Waals surface area contributed by atoms with Crippen LogP contribution in [0.15, 0.2) is 55.1 Å². The van der Waals surface area contributed by atoms with E-state index in [0.29, 0.717) is 6.54 Å². The van der Waals surface area contributed by atoms with Gasteiger partial charge in [-0.1, -0.05) is 30.3 Å². The second kappa shape index (κ2) is 7.56. The van der Waals surface area contributed by atoms with Crippen molar-refractivity contribution in [3.63, 3.8) is 0 Å².